The van der Waals surface area contributed by atoms with E-state index in [4.69, 9.17) is 21.1 Å². The Bertz CT molecular complexity index is 785. The smallest absolute Gasteiger partial charge is 0.336 e. The van der Waals surface area contributed by atoms with Crippen LogP contribution in [0.3, 0.4) is 0 Å². The summed E-state index contributed by atoms with van der Waals surface area (Å²) < 4.78 is 10.9. The third kappa shape index (κ3) is 5.51. The molecule has 0 atom stereocenters. The van der Waals surface area contributed by atoms with E-state index < -0.39 is 5.97 Å². The summed E-state index contributed by atoms with van der Waals surface area (Å²) >= 11 is 6.09. The molecule has 0 bridgehead atoms. The van der Waals surface area contributed by atoms with Crippen LogP contribution in [0.25, 0.3) is 11.6 Å². The Kier molecular flexibility index (Phi) is 7.06. The minimum absolute atomic E-state index is 0.146. The van der Waals surface area contributed by atoms with E-state index in [0.29, 0.717) is 34.3 Å². The molecule has 0 aliphatic carbocycles. The van der Waals surface area contributed by atoms with Crippen molar-refractivity contribution in [3.63, 3.8) is 0 Å². The van der Waals surface area contributed by atoms with Crippen molar-refractivity contribution in [3.05, 3.63) is 58.6 Å². The number of methoxy groups -OCH3 is 1. The van der Waals surface area contributed by atoms with E-state index in [1.165, 1.54) is 0 Å². The SMILES string of the molecule is COc1ccc(/C(=C/c2cc(Cl)ccc2OCCN(C)C)C(=O)O)cc1. The van der Waals surface area contributed by atoms with Gasteiger partial charge in [0.25, 0.3) is 0 Å². The Hall–Kier alpha value is -2.50. The zero-order valence-corrected chi connectivity index (χ0v) is 15.8. The summed E-state index contributed by atoms with van der Waals surface area (Å²) in [5.74, 6) is 0.215. The largest absolute Gasteiger partial charge is 0.497 e. The van der Waals surface area contributed by atoms with Crippen molar-refractivity contribution < 1.29 is 19.4 Å². The summed E-state index contributed by atoms with van der Waals surface area (Å²) in [5.41, 5.74) is 1.33. The molecule has 0 amide bonds. The lowest BCUT2D eigenvalue weighted by Gasteiger charge is -2.13. The molecule has 5 nitrogen and oxygen atoms in total. The van der Waals surface area contributed by atoms with Crippen molar-refractivity contribution in [1.29, 1.82) is 0 Å². The molecule has 26 heavy (non-hydrogen) atoms. The predicted molar refractivity (Wildman–Crippen MR) is 104 cm³/mol. The number of carbonyl (C=O) groups is 1. The first-order chi connectivity index (χ1) is 12.4. The minimum Gasteiger partial charge on any atom is -0.497 e. The van der Waals surface area contributed by atoms with E-state index in [9.17, 15) is 9.90 Å². The number of carboxylic acids is 1. The van der Waals surface area contributed by atoms with Gasteiger partial charge in [0.1, 0.15) is 18.1 Å². The Morgan fingerprint density at radius 1 is 1.19 bits per heavy atom. The fourth-order valence-corrected chi connectivity index (χ4v) is 2.48. The molecule has 0 heterocycles. The summed E-state index contributed by atoms with van der Waals surface area (Å²) in [7, 11) is 5.47. The number of rotatable bonds is 8. The fourth-order valence-electron chi connectivity index (χ4n) is 2.30. The lowest BCUT2D eigenvalue weighted by Crippen LogP contribution is -2.19. The molecular weight excluding hydrogens is 354 g/mol. The maximum Gasteiger partial charge on any atom is 0.336 e. The second kappa shape index (κ2) is 9.27. The van der Waals surface area contributed by atoms with Crippen LogP contribution in [-0.4, -0.2) is 50.3 Å². The third-order valence-corrected chi connectivity index (χ3v) is 3.93. The average Bonchev–Trinajstić information content (AvgIpc) is 2.61. The van der Waals surface area contributed by atoms with Gasteiger partial charge in [0.05, 0.1) is 12.7 Å². The molecule has 0 saturated carbocycles. The molecule has 1 N–H and O–H groups in total. The Labute approximate surface area is 158 Å². The molecule has 0 fully saturated rings. The maximum absolute atomic E-state index is 11.8. The highest BCUT2D eigenvalue weighted by Crippen LogP contribution is 2.28. The number of aliphatic carboxylic acids is 1. The van der Waals surface area contributed by atoms with Gasteiger partial charge in [-0.1, -0.05) is 23.7 Å². The lowest BCUT2D eigenvalue weighted by molar-refractivity contribution is -0.130. The molecule has 2 rings (SSSR count). The van der Waals surface area contributed by atoms with Crippen molar-refractivity contribution in [1.82, 2.24) is 4.90 Å². The molecule has 0 aliphatic heterocycles. The number of carboxylic acid groups (broad SMARTS) is 1. The summed E-state index contributed by atoms with van der Waals surface area (Å²) in [6.07, 6.45) is 1.57. The standard InChI is InChI=1S/C20H22ClNO4/c1-22(2)10-11-26-19-9-6-16(21)12-15(19)13-18(20(23)24)14-4-7-17(25-3)8-5-14/h4-9,12-13H,10-11H2,1-3H3,(H,23,24)/b18-13-. The molecule has 2 aromatic rings. The molecule has 0 radical (unpaired) electrons. The monoisotopic (exact) mass is 375 g/mol. The fraction of sp³-hybridized carbons (Fsp3) is 0.250. The predicted octanol–water partition coefficient (Wildman–Crippen LogP) is 3.91. The number of likely N-dealkylation sites (N-methyl/N-ethyl adjacent to an activating group) is 1. The highest BCUT2D eigenvalue weighted by Gasteiger charge is 2.13. The van der Waals surface area contributed by atoms with Gasteiger partial charge in [0.15, 0.2) is 0 Å². The Balaban J connectivity index is 2.38. The third-order valence-electron chi connectivity index (χ3n) is 3.70. The number of halogens is 1. The van der Waals surface area contributed by atoms with Gasteiger partial charge in [-0.3, -0.25) is 0 Å². The van der Waals surface area contributed by atoms with E-state index in [1.807, 2.05) is 19.0 Å². The van der Waals surface area contributed by atoms with Crippen LogP contribution in [-0.2, 0) is 4.79 Å². The van der Waals surface area contributed by atoms with Crippen LogP contribution in [0.15, 0.2) is 42.5 Å². The van der Waals surface area contributed by atoms with Crippen molar-refractivity contribution in [2.45, 2.75) is 0 Å². The van der Waals surface area contributed by atoms with E-state index in [0.717, 1.165) is 6.54 Å². The van der Waals surface area contributed by atoms with Crippen molar-refractivity contribution >= 4 is 29.2 Å². The van der Waals surface area contributed by atoms with E-state index >= 15 is 0 Å². The van der Waals surface area contributed by atoms with Crippen LogP contribution in [0, 0.1) is 0 Å². The molecule has 6 heteroatoms. The highest BCUT2D eigenvalue weighted by molar-refractivity contribution is 6.31. The molecule has 138 valence electrons. The van der Waals surface area contributed by atoms with E-state index in [1.54, 1.807) is 55.7 Å². The second-order valence-corrected chi connectivity index (χ2v) is 6.36. The molecule has 0 aliphatic rings. The first kappa shape index (κ1) is 19.8. The zero-order chi connectivity index (χ0) is 19.1. The van der Waals surface area contributed by atoms with Crippen molar-refractivity contribution in [2.24, 2.45) is 0 Å². The number of nitrogens with zero attached hydrogens (tertiary/aromatic N) is 1. The van der Waals surface area contributed by atoms with Crippen LogP contribution in [0.2, 0.25) is 5.02 Å². The minimum atomic E-state index is -1.03. The van der Waals surface area contributed by atoms with Gasteiger partial charge in [0.2, 0.25) is 0 Å². The highest BCUT2D eigenvalue weighted by atomic mass is 35.5. The van der Waals surface area contributed by atoms with Crippen molar-refractivity contribution in [2.75, 3.05) is 34.4 Å². The Morgan fingerprint density at radius 2 is 1.88 bits per heavy atom. The first-order valence-electron chi connectivity index (χ1n) is 8.07. The van der Waals surface area contributed by atoms with Crippen LogP contribution < -0.4 is 9.47 Å². The van der Waals surface area contributed by atoms with Gasteiger partial charge in [0, 0.05) is 17.1 Å². The van der Waals surface area contributed by atoms with Crippen LogP contribution in [0.4, 0.5) is 0 Å². The van der Waals surface area contributed by atoms with Crippen LogP contribution in [0.5, 0.6) is 11.5 Å². The zero-order valence-electron chi connectivity index (χ0n) is 15.0. The molecule has 2 aromatic carbocycles. The average molecular weight is 376 g/mol. The normalized spacial score (nSPS) is 11.5. The molecule has 0 aromatic heterocycles. The second-order valence-electron chi connectivity index (χ2n) is 5.93. The van der Waals surface area contributed by atoms with E-state index in [-0.39, 0.29) is 5.57 Å². The summed E-state index contributed by atoms with van der Waals surface area (Å²) in [6.45, 7) is 1.23. The lowest BCUT2D eigenvalue weighted by atomic mass is 10.0. The van der Waals surface area contributed by atoms with Gasteiger partial charge in [-0.05, 0) is 56.1 Å². The maximum atomic E-state index is 11.8. The summed E-state index contributed by atoms with van der Waals surface area (Å²) in [5, 5.41) is 10.2. The quantitative estimate of drug-likeness (QED) is 0.560. The molecular formula is C20H22ClNO4. The number of benzene rings is 2. The van der Waals surface area contributed by atoms with E-state index in [2.05, 4.69) is 0 Å². The number of ether oxygens (including phenoxy) is 2. The molecule has 0 saturated heterocycles. The summed E-state index contributed by atoms with van der Waals surface area (Å²) in [4.78, 5) is 13.8. The van der Waals surface area contributed by atoms with Gasteiger partial charge >= 0.3 is 5.97 Å². The first-order valence-corrected chi connectivity index (χ1v) is 8.45. The topological polar surface area (TPSA) is 59.0 Å². The number of hydrogen-bond donors (Lipinski definition) is 1. The number of hydrogen-bond acceptors (Lipinski definition) is 4. The summed E-state index contributed by atoms with van der Waals surface area (Å²) in [6, 6.07) is 12.0. The van der Waals surface area contributed by atoms with Crippen LogP contribution in [0.1, 0.15) is 11.1 Å². The van der Waals surface area contributed by atoms with Gasteiger partial charge < -0.3 is 19.5 Å². The van der Waals surface area contributed by atoms with Gasteiger partial charge in [-0.2, -0.15) is 0 Å². The van der Waals surface area contributed by atoms with Gasteiger partial charge in [-0.15, -0.1) is 0 Å². The molecule has 0 unspecified atom stereocenters. The van der Waals surface area contributed by atoms with Crippen molar-refractivity contribution in [3.8, 4) is 11.5 Å². The Morgan fingerprint density at radius 3 is 2.46 bits per heavy atom. The van der Waals surface area contributed by atoms with Crippen LogP contribution >= 0.6 is 11.6 Å². The van der Waals surface area contributed by atoms with Gasteiger partial charge in [-0.25, -0.2) is 4.79 Å². The molecule has 0 spiro atoms.